The summed E-state index contributed by atoms with van der Waals surface area (Å²) in [5.41, 5.74) is 2.46. The van der Waals surface area contributed by atoms with Gasteiger partial charge in [0.1, 0.15) is 0 Å². The number of hydrogen-bond donors (Lipinski definition) is 1. The Kier molecular flexibility index (Phi) is 2.14. The van der Waals surface area contributed by atoms with E-state index in [1.165, 1.54) is 0 Å². The zero-order valence-corrected chi connectivity index (χ0v) is 6.25. The highest BCUT2D eigenvalue weighted by molar-refractivity contribution is 4.97. The van der Waals surface area contributed by atoms with Gasteiger partial charge < -0.3 is 5.73 Å². The third kappa shape index (κ3) is 1.36. The minimum Gasteiger partial charge on any atom is -0.325 e. The lowest BCUT2D eigenvalue weighted by Gasteiger charge is -2.28. The summed E-state index contributed by atoms with van der Waals surface area (Å²) in [5, 5.41) is 0. The molecule has 0 atom stereocenters. The molecule has 66 valence electrons. The predicted octanol–water partition coefficient (Wildman–Crippen LogP) is 1.86. The first-order chi connectivity index (χ1) is 5.02. The molecule has 1 fully saturated rings. The van der Waals surface area contributed by atoms with E-state index in [1.807, 2.05) is 0 Å². The number of halogens is 3. The summed E-state index contributed by atoms with van der Waals surface area (Å²) in [6.07, 6.45) is 1.01. The molecule has 1 nitrogen and oxygen atoms in total. The van der Waals surface area contributed by atoms with E-state index < -0.39 is 18.1 Å². The highest BCUT2D eigenvalue weighted by atomic mass is 19.3. The molecule has 1 aliphatic rings. The van der Waals surface area contributed by atoms with Gasteiger partial charge in [0.25, 0.3) is 5.92 Å². The van der Waals surface area contributed by atoms with Crippen molar-refractivity contribution in [2.45, 2.75) is 37.3 Å². The summed E-state index contributed by atoms with van der Waals surface area (Å²) in [6, 6.07) is 0. The monoisotopic (exact) mass is 167 g/mol. The first kappa shape index (κ1) is 8.84. The standard InChI is InChI=1S/C7H12F3N/c8-6(3-1-2-4-6)7(9,10)5-11/h1-5,11H2. The van der Waals surface area contributed by atoms with Gasteiger partial charge in [-0.1, -0.05) is 0 Å². The molecule has 0 heterocycles. The average molecular weight is 167 g/mol. The van der Waals surface area contributed by atoms with Gasteiger partial charge in [-0.2, -0.15) is 0 Å². The van der Waals surface area contributed by atoms with Crippen molar-refractivity contribution < 1.29 is 13.2 Å². The van der Waals surface area contributed by atoms with Gasteiger partial charge in [0.15, 0.2) is 5.67 Å². The molecule has 0 amide bonds. The van der Waals surface area contributed by atoms with Crippen molar-refractivity contribution in [1.29, 1.82) is 0 Å². The molecule has 0 aromatic heterocycles. The van der Waals surface area contributed by atoms with Crippen LogP contribution in [0.3, 0.4) is 0 Å². The summed E-state index contributed by atoms with van der Waals surface area (Å²) in [6.45, 7) is -0.885. The molecule has 0 aromatic rings. The quantitative estimate of drug-likeness (QED) is 0.667. The Labute approximate surface area is 63.8 Å². The second-order valence-electron chi connectivity index (χ2n) is 3.08. The van der Waals surface area contributed by atoms with Crippen LogP contribution in [0.2, 0.25) is 0 Å². The number of rotatable bonds is 2. The number of alkyl halides is 3. The van der Waals surface area contributed by atoms with Crippen LogP contribution in [0.25, 0.3) is 0 Å². The fourth-order valence-electron chi connectivity index (χ4n) is 1.48. The highest BCUT2D eigenvalue weighted by Crippen LogP contribution is 2.44. The first-order valence-corrected chi connectivity index (χ1v) is 3.79. The zero-order valence-electron chi connectivity index (χ0n) is 6.25. The van der Waals surface area contributed by atoms with Gasteiger partial charge >= 0.3 is 0 Å². The molecule has 11 heavy (non-hydrogen) atoms. The van der Waals surface area contributed by atoms with E-state index in [-0.39, 0.29) is 12.8 Å². The summed E-state index contributed by atoms with van der Waals surface area (Å²) in [5.74, 6) is -3.33. The SMILES string of the molecule is NCC(F)(F)C1(F)CCCC1. The lowest BCUT2D eigenvalue weighted by Crippen LogP contribution is -2.47. The maximum absolute atomic E-state index is 13.3. The molecule has 1 saturated carbocycles. The van der Waals surface area contributed by atoms with Gasteiger partial charge in [0, 0.05) is 0 Å². The van der Waals surface area contributed by atoms with Crippen molar-refractivity contribution in [2.24, 2.45) is 5.73 Å². The third-order valence-electron chi connectivity index (χ3n) is 2.31. The van der Waals surface area contributed by atoms with Gasteiger partial charge in [-0.05, 0) is 25.7 Å². The van der Waals surface area contributed by atoms with Gasteiger partial charge in [-0.25, -0.2) is 13.2 Å². The molecule has 0 aliphatic heterocycles. The predicted molar refractivity (Wildman–Crippen MR) is 36.3 cm³/mol. The van der Waals surface area contributed by atoms with Gasteiger partial charge in [-0.3, -0.25) is 0 Å². The molecule has 1 aliphatic carbocycles. The average Bonchev–Trinajstić information content (AvgIpc) is 2.38. The largest absolute Gasteiger partial charge is 0.325 e. The lowest BCUT2D eigenvalue weighted by molar-refractivity contribution is -0.126. The maximum atomic E-state index is 13.3. The van der Waals surface area contributed by atoms with Crippen LogP contribution in [0.15, 0.2) is 0 Å². The number of hydrogen-bond acceptors (Lipinski definition) is 1. The third-order valence-corrected chi connectivity index (χ3v) is 2.31. The van der Waals surface area contributed by atoms with Crippen molar-refractivity contribution in [1.82, 2.24) is 0 Å². The molecule has 0 aromatic carbocycles. The van der Waals surface area contributed by atoms with Crippen LogP contribution in [0.5, 0.6) is 0 Å². The lowest BCUT2D eigenvalue weighted by atomic mass is 9.96. The molecule has 2 N–H and O–H groups in total. The van der Waals surface area contributed by atoms with Crippen LogP contribution in [0.4, 0.5) is 13.2 Å². The van der Waals surface area contributed by atoms with Gasteiger partial charge in [0.2, 0.25) is 0 Å². The summed E-state index contributed by atoms with van der Waals surface area (Å²) in [4.78, 5) is 0. The van der Waals surface area contributed by atoms with Crippen LogP contribution in [0.1, 0.15) is 25.7 Å². The molecule has 0 radical (unpaired) electrons. The smallest absolute Gasteiger partial charge is 0.293 e. The summed E-state index contributed by atoms with van der Waals surface area (Å²) < 4.78 is 38.7. The Hall–Kier alpha value is -0.250. The summed E-state index contributed by atoms with van der Waals surface area (Å²) >= 11 is 0. The second-order valence-corrected chi connectivity index (χ2v) is 3.08. The van der Waals surface area contributed by atoms with E-state index in [4.69, 9.17) is 5.73 Å². The first-order valence-electron chi connectivity index (χ1n) is 3.79. The van der Waals surface area contributed by atoms with Crippen LogP contribution in [-0.2, 0) is 0 Å². The summed E-state index contributed by atoms with van der Waals surface area (Å²) in [7, 11) is 0. The van der Waals surface area contributed by atoms with Crippen LogP contribution in [-0.4, -0.2) is 18.1 Å². The Balaban J connectivity index is 2.69. The Bertz CT molecular complexity index is 141. The fourth-order valence-corrected chi connectivity index (χ4v) is 1.48. The van der Waals surface area contributed by atoms with E-state index >= 15 is 0 Å². The maximum Gasteiger partial charge on any atom is 0.293 e. The molecular weight excluding hydrogens is 155 g/mol. The zero-order chi connectivity index (χ0) is 8.54. The molecule has 4 heteroatoms. The van der Waals surface area contributed by atoms with Crippen molar-refractivity contribution >= 4 is 0 Å². The molecule has 0 spiro atoms. The Morgan fingerprint density at radius 1 is 1.27 bits per heavy atom. The van der Waals surface area contributed by atoms with Gasteiger partial charge in [-0.15, -0.1) is 0 Å². The number of nitrogens with two attached hydrogens (primary N) is 1. The van der Waals surface area contributed by atoms with E-state index in [0.29, 0.717) is 12.8 Å². The normalized spacial score (nSPS) is 24.0. The van der Waals surface area contributed by atoms with Crippen LogP contribution in [0, 0.1) is 0 Å². The van der Waals surface area contributed by atoms with E-state index in [1.54, 1.807) is 0 Å². The fraction of sp³-hybridized carbons (Fsp3) is 1.00. The van der Waals surface area contributed by atoms with Gasteiger partial charge in [0.05, 0.1) is 6.54 Å². The Morgan fingerprint density at radius 3 is 2.09 bits per heavy atom. The van der Waals surface area contributed by atoms with E-state index in [0.717, 1.165) is 0 Å². The molecule has 0 bridgehead atoms. The minimum atomic E-state index is -3.33. The molecule has 0 saturated heterocycles. The molecule has 1 rings (SSSR count). The van der Waals surface area contributed by atoms with Crippen molar-refractivity contribution in [3.05, 3.63) is 0 Å². The molecule has 0 unspecified atom stereocenters. The molecular formula is C7H12F3N. The van der Waals surface area contributed by atoms with Crippen LogP contribution >= 0.6 is 0 Å². The van der Waals surface area contributed by atoms with Crippen molar-refractivity contribution in [3.63, 3.8) is 0 Å². The van der Waals surface area contributed by atoms with Crippen molar-refractivity contribution in [2.75, 3.05) is 6.54 Å². The second kappa shape index (κ2) is 2.66. The van der Waals surface area contributed by atoms with Crippen molar-refractivity contribution in [3.8, 4) is 0 Å². The highest BCUT2D eigenvalue weighted by Gasteiger charge is 2.54. The van der Waals surface area contributed by atoms with Crippen LogP contribution < -0.4 is 5.73 Å². The minimum absolute atomic E-state index is 0.0444. The van der Waals surface area contributed by atoms with E-state index in [2.05, 4.69) is 0 Å². The topological polar surface area (TPSA) is 26.0 Å². The van der Waals surface area contributed by atoms with E-state index in [9.17, 15) is 13.2 Å². The Morgan fingerprint density at radius 2 is 1.73 bits per heavy atom.